The second-order valence-corrected chi connectivity index (χ2v) is 3.42. The summed E-state index contributed by atoms with van der Waals surface area (Å²) in [5.41, 5.74) is 0.961. The molecule has 0 unspecified atom stereocenters. The van der Waals surface area contributed by atoms with Crippen LogP contribution in [0.3, 0.4) is 0 Å². The van der Waals surface area contributed by atoms with Crippen molar-refractivity contribution in [2.45, 2.75) is 13.2 Å². The summed E-state index contributed by atoms with van der Waals surface area (Å²) in [6.07, 6.45) is -0.273. The first-order valence-corrected chi connectivity index (χ1v) is 5.27. The lowest BCUT2D eigenvalue weighted by Crippen LogP contribution is -2.34. The van der Waals surface area contributed by atoms with Gasteiger partial charge in [-0.05, 0) is 31.2 Å². The van der Waals surface area contributed by atoms with Crippen molar-refractivity contribution in [3.05, 3.63) is 30.1 Å². The molecule has 3 nitrogen and oxygen atoms in total. The zero-order valence-corrected chi connectivity index (χ0v) is 9.94. The maximum absolute atomic E-state index is 12.8. The molecule has 0 N–H and O–H groups in total. The second-order valence-electron chi connectivity index (χ2n) is 3.42. The average molecular weight is 227 g/mol. The van der Waals surface area contributed by atoms with Crippen molar-refractivity contribution >= 4 is 5.69 Å². The Kier molecular flexibility index (Phi) is 5.22. The number of hydrogen-bond donors (Lipinski definition) is 0. The molecule has 0 aliphatic heterocycles. The van der Waals surface area contributed by atoms with Crippen molar-refractivity contribution in [2.75, 3.05) is 32.2 Å². The minimum absolute atomic E-state index is 0.227. The van der Waals surface area contributed by atoms with Crippen molar-refractivity contribution in [2.24, 2.45) is 0 Å². The number of likely N-dealkylation sites (N-methyl/N-ethyl adjacent to an activating group) is 1. The van der Waals surface area contributed by atoms with Crippen LogP contribution in [0.15, 0.2) is 24.3 Å². The zero-order chi connectivity index (χ0) is 12.0. The highest BCUT2D eigenvalue weighted by atomic mass is 19.1. The molecule has 16 heavy (non-hydrogen) atoms. The molecule has 0 atom stereocenters. The van der Waals surface area contributed by atoms with Crippen LogP contribution in [0.1, 0.15) is 6.92 Å². The Morgan fingerprint density at radius 1 is 1.19 bits per heavy atom. The van der Waals surface area contributed by atoms with E-state index in [4.69, 9.17) is 9.47 Å². The molecule has 4 heteroatoms. The van der Waals surface area contributed by atoms with Crippen LogP contribution in [0, 0.1) is 5.82 Å². The van der Waals surface area contributed by atoms with Gasteiger partial charge in [0.15, 0.2) is 6.29 Å². The molecule has 1 rings (SSSR count). The lowest BCUT2D eigenvalue weighted by Gasteiger charge is -2.26. The monoisotopic (exact) mass is 227 g/mol. The lowest BCUT2D eigenvalue weighted by molar-refractivity contribution is -0.0948. The van der Waals surface area contributed by atoms with E-state index in [1.165, 1.54) is 12.1 Å². The van der Waals surface area contributed by atoms with E-state index in [-0.39, 0.29) is 12.1 Å². The van der Waals surface area contributed by atoms with Gasteiger partial charge >= 0.3 is 0 Å². The Hall–Kier alpha value is -1.13. The molecule has 1 aromatic carbocycles. The van der Waals surface area contributed by atoms with Crippen LogP contribution in [0.4, 0.5) is 10.1 Å². The molecule has 0 saturated carbocycles. The first kappa shape index (κ1) is 12.9. The second kappa shape index (κ2) is 6.45. The van der Waals surface area contributed by atoms with Gasteiger partial charge in [-0.25, -0.2) is 4.39 Å². The predicted molar refractivity (Wildman–Crippen MR) is 62.1 cm³/mol. The maximum Gasteiger partial charge on any atom is 0.174 e. The Balaban J connectivity index is 2.70. The van der Waals surface area contributed by atoms with E-state index in [1.54, 1.807) is 26.4 Å². The average Bonchev–Trinajstić information content (AvgIpc) is 2.32. The van der Waals surface area contributed by atoms with Crippen LogP contribution in [0.2, 0.25) is 0 Å². The van der Waals surface area contributed by atoms with E-state index in [0.29, 0.717) is 6.54 Å². The molecule has 0 amide bonds. The summed E-state index contributed by atoms with van der Waals surface area (Å²) in [6.45, 7) is 3.47. The van der Waals surface area contributed by atoms with Gasteiger partial charge in [-0.2, -0.15) is 0 Å². The number of rotatable bonds is 6. The topological polar surface area (TPSA) is 21.7 Å². The van der Waals surface area contributed by atoms with E-state index < -0.39 is 0 Å². The van der Waals surface area contributed by atoms with Gasteiger partial charge in [0.2, 0.25) is 0 Å². The Labute approximate surface area is 95.8 Å². The van der Waals surface area contributed by atoms with Gasteiger partial charge in [0.25, 0.3) is 0 Å². The third-order valence-electron chi connectivity index (χ3n) is 2.47. The summed E-state index contributed by atoms with van der Waals surface area (Å²) >= 11 is 0. The van der Waals surface area contributed by atoms with Crippen LogP contribution < -0.4 is 4.90 Å². The molecule has 0 aliphatic rings. The third-order valence-corrected chi connectivity index (χ3v) is 2.47. The fourth-order valence-electron chi connectivity index (χ4n) is 1.49. The molecular formula is C12H18FNO2. The maximum atomic E-state index is 12.8. The SMILES string of the molecule is CCN(CC(OC)OC)c1ccc(F)cc1. The zero-order valence-electron chi connectivity index (χ0n) is 9.94. The van der Waals surface area contributed by atoms with Gasteiger partial charge < -0.3 is 14.4 Å². The quantitative estimate of drug-likeness (QED) is 0.696. The highest BCUT2D eigenvalue weighted by Crippen LogP contribution is 2.15. The van der Waals surface area contributed by atoms with Crippen LogP contribution in [-0.2, 0) is 9.47 Å². The Bertz CT molecular complexity index is 298. The minimum Gasteiger partial charge on any atom is -0.367 e. The number of hydrogen-bond acceptors (Lipinski definition) is 3. The van der Waals surface area contributed by atoms with Gasteiger partial charge in [-0.1, -0.05) is 0 Å². The lowest BCUT2D eigenvalue weighted by atomic mass is 10.2. The Morgan fingerprint density at radius 2 is 1.75 bits per heavy atom. The molecule has 0 aliphatic carbocycles. The van der Waals surface area contributed by atoms with E-state index in [2.05, 4.69) is 4.90 Å². The van der Waals surface area contributed by atoms with E-state index in [9.17, 15) is 4.39 Å². The van der Waals surface area contributed by atoms with E-state index in [1.807, 2.05) is 6.92 Å². The fraction of sp³-hybridized carbons (Fsp3) is 0.500. The van der Waals surface area contributed by atoms with Crippen molar-refractivity contribution in [1.29, 1.82) is 0 Å². The van der Waals surface area contributed by atoms with Crippen molar-refractivity contribution in [3.8, 4) is 0 Å². The molecule has 0 bridgehead atoms. The summed E-state index contributed by atoms with van der Waals surface area (Å²) in [5, 5.41) is 0. The number of anilines is 1. The fourth-order valence-corrected chi connectivity index (χ4v) is 1.49. The molecule has 0 aromatic heterocycles. The van der Waals surface area contributed by atoms with Gasteiger partial charge in [0.05, 0.1) is 6.54 Å². The molecule has 0 heterocycles. The summed E-state index contributed by atoms with van der Waals surface area (Å²) in [5.74, 6) is -0.227. The summed E-state index contributed by atoms with van der Waals surface area (Å²) in [6, 6.07) is 6.40. The number of ether oxygens (including phenoxy) is 2. The third kappa shape index (κ3) is 3.47. The van der Waals surface area contributed by atoms with Crippen LogP contribution >= 0.6 is 0 Å². The molecule has 0 fully saturated rings. The largest absolute Gasteiger partial charge is 0.367 e. The highest BCUT2D eigenvalue weighted by Gasteiger charge is 2.11. The van der Waals surface area contributed by atoms with E-state index in [0.717, 1.165) is 12.2 Å². The standard InChI is InChI=1S/C12H18FNO2/c1-4-14(9-12(15-2)16-3)11-7-5-10(13)6-8-11/h5-8,12H,4,9H2,1-3H3. The first-order chi connectivity index (χ1) is 7.71. The van der Waals surface area contributed by atoms with E-state index >= 15 is 0 Å². The van der Waals surface area contributed by atoms with Gasteiger partial charge in [0.1, 0.15) is 5.82 Å². The van der Waals surface area contributed by atoms with Crippen molar-refractivity contribution in [1.82, 2.24) is 0 Å². The smallest absolute Gasteiger partial charge is 0.174 e. The predicted octanol–water partition coefficient (Wildman–Crippen LogP) is 2.27. The molecular weight excluding hydrogens is 209 g/mol. The number of benzene rings is 1. The summed E-state index contributed by atoms with van der Waals surface area (Å²) < 4.78 is 23.1. The van der Waals surface area contributed by atoms with Gasteiger partial charge in [-0.15, -0.1) is 0 Å². The first-order valence-electron chi connectivity index (χ1n) is 5.27. The highest BCUT2D eigenvalue weighted by molar-refractivity contribution is 5.46. The van der Waals surface area contributed by atoms with Crippen LogP contribution in [0.5, 0.6) is 0 Å². The number of halogens is 1. The number of methoxy groups -OCH3 is 2. The normalized spacial score (nSPS) is 10.8. The van der Waals surface area contributed by atoms with Crippen LogP contribution in [-0.4, -0.2) is 33.6 Å². The molecule has 0 saturated heterocycles. The van der Waals surface area contributed by atoms with Crippen LogP contribution in [0.25, 0.3) is 0 Å². The molecule has 90 valence electrons. The molecule has 0 radical (unpaired) electrons. The minimum atomic E-state index is -0.273. The van der Waals surface area contributed by atoms with Gasteiger partial charge in [0, 0.05) is 26.5 Å². The Morgan fingerprint density at radius 3 is 2.19 bits per heavy atom. The summed E-state index contributed by atoms with van der Waals surface area (Å²) in [7, 11) is 3.21. The van der Waals surface area contributed by atoms with Crippen molar-refractivity contribution in [3.63, 3.8) is 0 Å². The molecule has 1 aromatic rings. The van der Waals surface area contributed by atoms with Crippen molar-refractivity contribution < 1.29 is 13.9 Å². The summed E-state index contributed by atoms with van der Waals surface area (Å²) in [4.78, 5) is 2.07. The van der Waals surface area contributed by atoms with Gasteiger partial charge in [-0.3, -0.25) is 0 Å². The number of nitrogens with zero attached hydrogens (tertiary/aromatic N) is 1. The molecule has 0 spiro atoms.